The van der Waals surface area contributed by atoms with Gasteiger partial charge in [0, 0.05) is 18.2 Å². The topological polar surface area (TPSA) is 50.3 Å². The predicted molar refractivity (Wildman–Crippen MR) is 62.3 cm³/mol. The zero-order valence-electron chi connectivity index (χ0n) is 7.51. The number of halogens is 1. The van der Waals surface area contributed by atoms with Crippen LogP contribution in [-0.4, -0.2) is 29.0 Å². The average molecular weight is 263 g/mol. The lowest BCUT2D eigenvalue weighted by atomic mass is 10.4. The van der Waals surface area contributed by atoms with Crippen molar-refractivity contribution in [3.05, 3.63) is 10.0 Å². The van der Waals surface area contributed by atoms with Crippen molar-refractivity contribution in [2.24, 2.45) is 0 Å². The molecule has 0 saturated carbocycles. The van der Waals surface area contributed by atoms with Crippen LogP contribution >= 0.6 is 35.6 Å². The van der Waals surface area contributed by atoms with E-state index in [-0.39, 0.29) is 16.3 Å². The normalized spacial score (nSPS) is 21.1. The molecule has 0 N–H and O–H groups in total. The molecule has 7 heteroatoms. The minimum absolute atomic E-state index is 0.0276. The first-order valence-electron chi connectivity index (χ1n) is 4.21. The van der Waals surface area contributed by atoms with Crippen LogP contribution in [0.1, 0.15) is 16.1 Å². The van der Waals surface area contributed by atoms with E-state index < -0.39 is 0 Å². The highest BCUT2D eigenvalue weighted by atomic mass is 35.5. The van der Waals surface area contributed by atoms with Crippen molar-refractivity contribution in [3.8, 4) is 0 Å². The van der Waals surface area contributed by atoms with Crippen LogP contribution in [0, 0.1) is 0 Å². The van der Waals surface area contributed by atoms with Gasteiger partial charge in [-0.05, 0) is 0 Å². The number of carbonyl (C=O) groups is 2. The Labute approximate surface area is 101 Å². The van der Waals surface area contributed by atoms with Crippen molar-refractivity contribution >= 4 is 52.9 Å². The van der Waals surface area contributed by atoms with Gasteiger partial charge in [0.05, 0.1) is 0 Å². The van der Waals surface area contributed by atoms with E-state index in [9.17, 15) is 9.59 Å². The highest BCUT2D eigenvalue weighted by Gasteiger charge is 2.30. The molecule has 1 unspecified atom stereocenters. The Morgan fingerprint density at radius 3 is 2.87 bits per heavy atom. The molecule has 1 aromatic rings. The molecule has 80 valence electrons. The van der Waals surface area contributed by atoms with Crippen molar-refractivity contribution < 1.29 is 9.59 Å². The molecule has 1 saturated heterocycles. The Kier molecular flexibility index (Phi) is 2.99. The standard InChI is InChI=1S/C8H7ClN2O2S2/c9-7-5(3-12)15-8(10-7)11-2-4(14)1-6(11)13/h3-4,14H,1-2H2. The van der Waals surface area contributed by atoms with Gasteiger partial charge in [-0.15, -0.1) is 0 Å². The van der Waals surface area contributed by atoms with Crippen molar-refractivity contribution in [3.63, 3.8) is 0 Å². The summed E-state index contributed by atoms with van der Waals surface area (Å²) in [4.78, 5) is 27.9. The fourth-order valence-corrected chi connectivity index (χ4v) is 2.77. The number of anilines is 1. The summed E-state index contributed by atoms with van der Waals surface area (Å²) in [5.41, 5.74) is 0. The summed E-state index contributed by atoms with van der Waals surface area (Å²) in [7, 11) is 0. The molecule has 15 heavy (non-hydrogen) atoms. The third-order valence-corrected chi connectivity index (χ3v) is 3.79. The molecule has 0 aromatic carbocycles. The SMILES string of the molecule is O=Cc1sc(N2CC(S)CC2=O)nc1Cl. The van der Waals surface area contributed by atoms with E-state index in [4.69, 9.17) is 11.6 Å². The molecular formula is C8H7ClN2O2S2. The zero-order valence-corrected chi connectivity index (χ0v) is 9.98. The molecular weight excluding hydrogens is 256 g/mol. The third kappa shape index (κ3) is 2.02. The fourth-order valence-electron chi connectivity index (χ4n) is 1.36. The van der Waals surface area contributed by atoms with E-state index in [0.717, 1.165) is 11.3 Å². The molecule has 1 aromatic heterocycles. The van der Waals surface area contributed by atoms with Gasteiger partial charge in [0.25, 0.3) is 0 Å². The number of aldehydes is 1. The second-order valence-electron chi connectivity index (χ2n) is 3.13. The smallest absolute Gasteiger partial charge is 0.229 e. The molecule has 1 aliphatic heterocycles. The minimum atomic E-state index is -0.0298. The number of carbonyl (C=O) groups excluding carboxylic acids is 2. The fraction of sp³-hybridized carbons (Fsp3) is 0.375. The summed E-state index contributed by atoms with van der Waals surface area (Å²) < 4.78 is 0. The Balaban J connectivity index is 2.30. The summed E-state index contributed by atoms with van der Waals surface area (Å²) in [6.45, 7) is 0.518. The molecule has 1 aliphatic rings. The number of nitrogens with zero attached hydrogens (tertiary/aromatic N) is 2. The maximum absolute atomic E-state index is 11.5. The van der Waals surface area contributed by atoms with E-state index in [0.29, 0.717) is 29.3 Å². The zero-order chi connectivity index (χ0) is 11.0. The van der Waals surface area contributed by atoms with Crippen LogP contribution < -0.4 is 4.90 Å². The molecule has 2 rings (SSSR count). The predicted octanol–water partition coefficient (Wildman–Crippen LogP) is 1.64. The van der Waals surface area contributed by atoms with Gasteiger partial charge in [0.2, 0.25) is 5.91 Å². The van der Waals surface area contributed by atoms with E-state index in [1.54, 1.807) is 0 Å². The maximum Gasteiger partial charge on any atom is 0.229 e. The molecule has 0 spiro atoms. The van der Waals surface area contributed by atoms with E-state index in [2.05, 4.69) is 17.6 Å². The van der Waals surface area contributed by atoms with Crippen LogP contribution in [0.2, 0.25) is 5.15 Å². The maximum atomic E-state index is 11.5. The summed E-state index contributed by atoms with van der Waals surface area (Å²) in [5, 5.41) is 0.656. The molecule has 1 fully saturated rings. The van der Waals surface area contributed by atoms with Gasteiger partial charge in [0.1, 0.15) is 4.88 Å². The average Bonchev–Trinajstić information content (AvgIpc) is 2.69. The molecule has 4 nitrogen and oxygen atoms in total. The number of thiol groups is 1. The Hall–Kier alpha value is -0.590. The molecule has 1 atom stereocenters. The number of hydrogen-bond acceptors (Lipinski definition) is 5. The molecule has 0 bridgehead atoms. The van der Waals surface area contributed by atoms with Gasteiger partial charge >= 0.3 is 0 Å². The number of thiazole rings is 1. The van der Waals surface area contributed by atoms with Crippen LogP contribution in [0.3, 0.4) is 0 Å². The summed E-state index contributed by atoms with van der Waals surface area (Å²) in [6.07, 6.45) is 1.04. The van der Waals surface area contributed by atoms with Gasteiger partial charge in [-0.25, -0.2) is 4.98 Å². The Morgan fingerprint density at radius 1 is 1.67 bits per heavy atom. The Bertz CT molecular complexity index is 421. The van der Waals surface area contributed by atoms with E-state index >= 15 is 0 Å². The highest BCUT2D eigenvalue weighted by Crippen LogP contribution is 2.31. The lowest BCUT2D eigenvalue weighted by Crippen LogP contribution is -2.24. The number of hydrogen-bond donors (Lipinski definition) is 1. The number of rotatable bonds is 2. The van der Waals surface area contributed by atoms with Gasteiger partial charge < -0.3 is 0 Å². The number of amides is 1. The van der Waals surface area contributed by atoms with Gasteiger partial charge in [-0.2, -0.15) is 12.6 Å². The monoisotopic (exact) mass is 262 g/mol. The van der Waals surface area contributed by atoms with E-state index in [1.807, 2.05) is 0 Å². The largest absolute Gasteiger partial charge is 0.297 e. The minimum Gasteiger partial charge on any atom is -0.297 e. The van der Waals surface area contributed by atoms with Crippen LogP contribution in [-0.2, 0) is 4.79 Å². The lowest BCUT2D eigenvalue weighted by molar-refractivity contribution is -0.117. The first kappa shape index (κ1) is 10.9. The Morgan fingerprint density at radius 2 is 2.40 bits per heavy atom. The van der Waals surface area contributed by atoms with Gasteiger partial charge in [-0.3, -0.25) is 14.5 Å². The first-order valence-corrected chi connectivity index (χ1v) is 5.93. The van der Waals surface area contributed by atoms with Crippen molar-refractivity contribution in [1.29, 1.82) is 0 Å². The molecule has 0 aliphatic carbocycles. The van der Waals surface area contributed by atoms with Gasteiger partial charge in [0.15, 0.2) is 16.6 Å². The van der Waals surface area contributed by atoms with Crippen LogP contribution in [0.4, 0.5) is 5.13 Å². The first-order chi connectivity index (χ1) is 7.11. The van der Waals surface area contributed by atoms with Crippen LogP contribution in [0.5, 0.6) is 0 Å². The lowest BCUT2D eigenvalue weighted by Gasteiger charge is -2.10. The second-order valence-corrected chi connectivity index (χ2v) is 5.23. The second kappa shape index (κ2) is 4.11. The van der Waals surface area contributed by atoms with Gasteiger partial charge in [-0.1, -0.05) is 22.9 Å². The molecule has 1 amide bonds. The summed E-state index contributed by atoms with van der Waals surface area (Å²) >= 11 is 11.1. The van der Waals surface area contributed by atoms with Crippen LogP contribution in [0.15, 0.2) is 0 Å². The summed E-state index contributed by atoms with van der Waals surface area (Å²) in [5.74, 6) is -0.0298. The number of aromatic nitrogens is 1. The van der Waals surface area contributed by atoms with E-state index in [1.165, 1.54) is 4.90 Å². The molecule has 2 heterocycles. The van der Waals surface area contributed by atoms with Crippen LogP contribution in [0.25, 0.3) is 0 Å². The van der Waals surface area contributed by atoms with Crippen molar-refractivity contribution in [2.45, 2.75) is 11.7 Å². The van der Waals surface area contributed by atoms with Crippen molar-refractivity contribution in [2.75, 3.05) is 11.4 Å². The third-order valence-electron chi connectivity index (χ3n) is 2.04. The molecule has 0 radical (unpaired) electrons. The summed E-state index contributed by atoms with van der Waals surface area (Å²) in [6, 6.07) is 0. The highest BCUT2D eigenvalue weighted by molar-refractivity contribution is 7.81. The van der Waals surface area contributed by atoms with Crippen molar-refractivity contribution in [1.82, 2.24) is 4.98 Å². The quantitative estimate of drug-likeness (QED) is 0.651.